The number of fused-ring (bicyclic) bond motifs is 1. The van der Waals surface area contributed by atoms with Crippen molar-refractivity contribution in [1.82, 2.24) is 19.9 Å². The number of ketones is 1. The second kappa shape index (κ2) is 11.7. The molecule has 0 atom stereocenters. The number of likely N-dealkylation sites (tertiary alicyclic amines) is 1. The van der Waals surface area contributed by atoms with Crippen LogP contribution in [0.5, 0.6) is 5.88 Å². The monoisotopic (exact) mass is 652 g/mol. The Morgan fingerprint density at radius 2 is 1.72 bits per heavy atom. The summed E-state index contributed by atoms with van der Waals surface area (Å²) in [4.78, 5) is 39.2. The number of nitrogens with one attached hydrogen (secondary N) is 1. The van der Waals surface area contributed by atoms with E-state index in [-0.39, 0.29) is 40.8 Å². The van der Waals surface area contributed by atoms with E-state index in [2.05, 4.69) is 24.6 Å². The van der Waals surface area contributed by atoms with Gasteiger partial charge < -0.3 is 14.5 Å². The average molecular weight is 653 g/mol. The largest absolute Gasteiger partial charge is 0.480 e. The molecule has 0 unspecified atom stereocenters. The summed E-state index contributed by atoms with van der Waals surface area (Å²) in [7, 11) is -3.61. The van der Waals surface area contributed by atoms with Gasteiger partial charge in [0.05, 0.1) is 12.6 Å². The van der Waals surface area contributed by atoms with Crippen LogP contribution in [0, 0.1) is 22.9 Å². The van der Waals surface area contributed by atoms with Gasteiger partial charge in [-0.3, -0.25) is 14.3 Å². The molecular weight excluding hydrogens is 625 g/mol. The van der Waals surface area contributed by atoms with E-state index in [0.717, 1.165) is 11.8 Å². The van der Waals surface area contributed by atoms with Crippen LogP contribution in [0.2, 0.25) is 0 Å². The molecule has 2 fully saturated rings. The Hall–Kier alpha value is -5.05. The molecule has 2 aliphatic rings. The third kappa shape index (κ3) is 5.85. The molecule has 0 bridgehead atoms. The zero-order valence-electron chi connectivity index (χ0n) is 24.6. The van der Waals surface area contributed by atoms with E-state index in [1.807, 2.05) is 6.07 Å². The maximum atomic E-state index is 14.3. The number of aromatic nitrogens is 3. The number of carbonyl (C=O) groups excluding carboxylic acids is 2. The molecule has 2 saturated heterocycles. The normalized spacial score (nSPS) is 15.8. The Morgan fingerprint density at radius 3 is 2.41 bits per heavy atom. The number of benzene rings is 2. The first-order valence-electron chi connectivity index (χ1n) is 14.1. The first kappa shape index (κ1) is 31.0. The minimum atomic E-state index is -4.86. The number of anilines is 2. The molecule has 1 spiro atoms. The number of carbonyl (C=O) groups is 2. The molecule has 1 amide bonds. The minimum absolute atomic E-state index is 0.0932. The fraction of sp³-hybridized carbons (Fsp3) is 0.258. The van der Waals surface area contributed by atoms with Crippen LogP contribution in [0.3, 0.4) is 0 Å². The number of allylic oxidation sites excluding steroid dienone is 1. The van der Waals surface area contributed by atoms with Gasteiger partial charge in [-0.25, -0.2) is 36.5 Å². The summed E-state index contributed by atoms with van der Waals surface area (Å²) in [6.45, 7) is 3.89. The lowest BCUT2D eigenvalue weighted by Gasteiger charge is -2.47. The highest BCUT2D eigenvalue weighted by Crippen LogP contribution is 2.42. The van der Waals surface area contributed by atoms with Crippen molar-refractivity contribution in [2.24, 2.45) is 5.41 Å². The number of nitrogens with zero attached hydrogens (tertiary/aromatic N) is 5. The molecule has 46 heavy (non-hydrogen) atoms. The predicted molar refractivity (Wildman–Crippen MR) is 162 cm³/mol. The van der Waals surface area contributed by atoms with Crippen molar-refractivity contribution in [2.75, 3.05) is 42.9 Å². The zero-order valence-corrected chi connectivity index (χ0v) is 25.4. The van der Waals surface area contributed by atoms with Crippen LogP contribution in [-0.2, 0) is 19.6 Å². The SMILES string of the molecule is COc1ncc(-c2ccc3ncnc(N4CCC5(CN(C(=O)/C=C/C(C)=O)C5)C4)c3c2)cc1NS(=O)(=O)c1c(F)cc(F)cc1F. The molecule has 0 aliphatic carbocycles. The average Bonchev–Trinajstić information content (AvgIpc) is 3.43. The van der Waals surface area contributed by atoms with Gasteiger partial charge in [0.15, 0.2) is 10.7 Å². The highest BCUT2D eigenvalue weighted by molar-refractivity contribution is 7.92. The number of rotatable bonds is 8. The van der Waals surface area contributed by atoms with Crippen LogP contribution >= 0.6 is 0 Å². The second-order valence-corrected chi connectivity index (χ2v) is 12.9. The number of halogens is 3. The van der Waals surface area contributed by atoms with Gasteiger partial charge in [0.25, 0.3) is 10.0 Å². The van der Waals surface area contributed by atoms with E-state index >= 15 is 0 Å². The predicted octanol–water partition coefficient (Wildman–Crippen LogP) is 4.10. The lowest BCUT2D eigenvalue weighted by atomic mass is 9.79. The molecule has 15 heteroatoms. The van der Waals surface area contributed by atoms with Crippen LogP contribution in [0.15, 0.2) is 66.0 Å². The number of ether oxygens (including phenoxy) is 1. The summed E-state index contributed by atoms with van der Waals surface area (Å²) < 4.78 is 75.3. The van der Waals surface area contributed by atoms with Gasteiger partial charge >= 0.3 is 0 Å². The zero-order chi connectivity index (χ0) is 32.8. The summed E-state index contributed by atoms with van der Waals surface area (Å²) in [6.07, 6.45) is 6.33. The van der Waals surface area contributed by atoms with E-state index < -0.39 is 32.4 Å². The number of sulfonamides is 1. The second-order valence-electron chi connectivity index (χ2n) is 11.3. The Bertz CT molecular complexity index is 2010. The first-order chi connectivity index (χ1) is 21.9. The third-order valence-corrected chi connectivity index (χ3v) is 9.45. The fourth-order valence-electron chi connectivity index (χ4n) is 5.89. The Labute approximate surface area is 261 Å². The molecule has 2 aromatic heterocycles. The van der Waals surface area contributed by atoms with Crippen LogP contribution < -0.4 is 14.4 Å². The summed E-state index contributed by atoms with van der Waals surface area (Å²) in [5, 5.41) is 0.724. The lowest BCUT2D eigenvalue weighted by molar-refractivity contribution is -0.136. The van der Waals surface area contributed by atoms with Crippen molar-refractivity contribution < 1.29 is 35.9 Å². The van der Waals surface area contributed by atoms with Gasteiger partial charge in [0.2, 0.25) is 11.8 Å². The number of hydrogen-bond acceptors (Lipinski definition) is 9. The van der Waals surface area contributed by atoms with E-state index in [1.54, 1.807) is 17.0 Å². The van der Waals surface area contributed by atoms with E-state index in [0.29, 0.717) is 48.6 Å². The molecule has 0 saturated carbocycles. The van der Waals surface area contributed by atoms with E-state index in [9.17, 15) is 31.2 Å². The quantitative estimate of drug-likeness (QED) is 0.279. The molecule has 11 nitrogen and oxygen atoms in total. The smallest absolute Gasteiger partial charge is 0.267 e. The van der Waals surface area contributed by atoms with Gasteiger partial charge in [-0.2, -0.15) is 0 Å². The summed E-state index contributed by atoms with van der Waals surface area (Å²) in [6, 6.07) is 7.32. The van der Waals surface area contributed by atoms with Gasteiger partial charge in [-0.05, 0) is 43.2 Å². The van der Waals surface area contributed by atoms with Crippen molar-refractivity contribution in [2.45, 2.75) is 18.2 Å². The number of hydrogen-bond donors (Lipinski definition) is 1. The van der Waals surface area contributed by atoms with Crippen molar-refractivity contribution in [3.63, 3.8) is 0 Å². The Morgan fingerprint density at radius 1 is 0.978 bits per heavy atom. The summed E-state index contributed by atoms with van der Waals surface area (Å²) >= 11 is 0. The number of methoxy groups -OCH3 is 1. The first-order valence-corrected chi connectivity index (χ1v) is 15.6. The fourth-order valence-corrected chi connectivity index (χ4v) is 7.06. The topological polar surface area (TPSA) is 135 Å². The standard InChI is InChI=1S/C31H27F3N6O5S/c1-18(41)3-6-27(42)40-15-31(16-40)7-8-39(14-31)29-22-9-19(4-5-25(22)36-17-37-29)20-10-26(30(45-2)35-13-20)38-46(43,44)28-23(33)11-21(32)12-24(28)34/h3-6,9-13,17,38H,7-8,14-16H2,1-2H3/b6-3+. The van der Waals surface area contributed by atoms with Crippen LogP contribution in [0.1, 0.15) is 13.3 Å². The van der Waals surface area contributed by atoms with Crippen molar-refractivity contribution in [1.29, 1.82) is 0 Å². The van der Waals surface area contributed by atoms with Gasteiger partial charge in [-0.15, -0.1) is 0 Å². The number of amides is 1. The highest BCUT2D eigenvalue weighted by Gasteiger charge is 2.49. The third-order valence-electron chi connectivity index (χ3n) is 8.03. The van der Waals surface area contributed by atoms with Crippen LogP contribution in [-0.4, -0.2) is 73.2 Å². The highest BCUT2D eigenvalue weighted by atomic mass is 32.2. The molecule has 4 heterocycles. The lowest BCUT2D eigenvalue weighted by Crippen LogP contribution is -2.59. The van der Waals surface area contributed by atoms with Crippen LogP contribution in [0.4, 0.5) is 24.7 Å². The maximum Gasteiger partial charge on any atom is 0.267 e. The van der Waals surface area contributed by atoms with Crippen molar-refractivity contribution >= 4 is 44.1 Å². The van der Waals surface area contributed by atoms with E-state index in [4.69, 9.17) is 4.74 Å². The Balaban J connectivity index is 1.27. The molecule has 2 aromatic carbocycles. The molecule has 1 N–H and O–H groups in total. The van der Waals surface area contributed by atoms with Gasteiger partial charge in [-0.1, -0.05) is 6.07 Å². The summed E-state index contributed by atoms with van der Waals surface area (Å²) in [5.74, 6) is -4.30. The minimum Gasteiger partial charge on any atom is -0.480 e. The molecule has 0 radical (unpaired) electrons. The van der Waals surface area contributed by atoms with Gasteiger partial charge in [0, 0.05) is 66.9 Å². The Kier molecular flexibility index (Phi) is 7.88. The van der Waals surface area contributed by atoms with Crippen molar-refractivity contribution in [3.8, 4) is 17.0 Å². The maximum absolute atomic E-state index is 14.3. The molecule has 4 aromatic rings. The summed E-state index contributed by atoms with van der Waals surface area (Å²) in [5.41, 5.74) is 1.43. The van der Waals surface area contributed by atoms with Crippen molar-refractivity contribution in [3.05, 3.63) is 78.5 Å². The van der Waals surface area contributed by atoms with Gasteiger partial charge in [0.1, 0.15) is 35.3 Å². The molecule has 238 valence electrons. The molecule has 6 rings (SSSR count). The van der Waals surface area contributed by atoms with Crippen LogP contribution in [0.25, 0.3) is 22.0 Å². The number of pyridine rings is 1. The van der Waals surface area contributed by atoms with E-state index in [1.165, 1.54) is 44.8 Å². The molecular formula is C31H27F3N6O5S. The molecule has 2 aliphatic heterocycles.